The molecule has 0 unspecified atom stereocenters. The maximum atomic E-state index is 8.86. The van der Waals surface area contributed by atoms with Crippen molar-refractivity contribution in [1.29, 1.82) is 0 Å². The second-order valence-corrected chi connectivity index (χ2v) is 2.93. The minimum absolute atomic E-state index is 0.0123. The molecule has 0 atom stereocenters. The number of rotatable bonds is 4. The van der Waals surface area contributed by atoms with Crippen molar-refractivity contribution >= 4 is 11.6 Å². The van der Waals surface area contributed by atoms with E-state index in [1.807, 2.05) is 0 Å². The van der Waals surface area contributed by atoms with Crippen LogP contribution in [0, 0.1) is 0 Å². The number of aliphatic hydroxyl groups is 1. The molecule has 1 aromatic carbocycles. The van der Waals surface area contributed by atoms with Gasteiger partial charge in [-0.05, 0) is 17.7 Å². The van der Waals surface area contributed by atoms with Crippen LogP contribution in [0.3, 0.4) is 0 Å². The van der Waals surface area contributed by atoms with Crippen LogP contribution in [0.1, 0.15) is 5.56 Å². The lowest BCUT2D eigenvalue weighted by molar-refractivity contribution is 0.280. The Morgan fingerprint density at radius 2 is 2.31 bits per heavy atom. The maximum absolute atomic E-state index is 8.86. The number of halogens is 1. The van der Waals surface area contributed by atoms with E-state index in [-0.39, 0.29) is 6.61 Å². The van der Waals surface area contributed by atoms with Crippen molar-refractivity contribution in [1.82, 2.24) is 0 Å². The molecule has 2 nitrogen and oxygen atoms in total. The molecule has 0 radical (unpaired) electrons. The van der Waals surface area contributed by atoms with Gasteiger partial charge in [0.15, 0.2) is 0 Å². The molecule has 0 aliphatic heterocycles. The number of ether oxygens (including phenoxy) is 1. The summed E-state index contributed by atoms with van der Waals surface area (Å²) in [6, 6.07) is 5.17. The number of hydrogen-bond donors (Lipinski definition) is 1. The van der Waals surface area contributed by atoms with Crippen LogP contribution >= 0.6 is 11.6 Å². The van der Waals surface area contributed by atoms with E-state index < -0.39 is 0 Å². The van der Waals surface area contributed by atoms with E-state index in [1.54, 1.807) is 24.3 Å². The van der Waals surface area contributed by atoms with E-state index in [9.17, 15) is 0 Å². The zero-order valence-corrected chi connectivity index (χ0v) is 7.92. The quantitative estimate of drug-likeness (QED) is 0.753. The van der Waals surface area contributed by atoms with E-state index in [0.717, 1.165) is 5.56 Å². The minimum Gasteiger partial charge on any atom is -0.488 e. The van der Waals surface area contributed by atoms with Gasteiger partial charge in [-0.1, -0.05) is 30.3 Å². The molecule has 0 bridgehead atoms. The van der Waals surface area contributed by atoms with Crippen LogP contribution in [0.4, 0.5) is 0 Å². The molecular weight excluding hydrogens is 188 g/mol. The molecule has 1 aromatic rings. The standard InChI is InChI=1S/C10H11ClO2/c1-2-5-13-10-6-8(7-12)3-4-9(10)11/h2-4,6,12H,1,5,7H2. The van der Waals surface area contributed by atoms with Gasteiger partial charge in [-0.3, -0.25) is 0 Å². The average molecular weight is 199 g/mol. The SMILES string of the molecule is C=CCOc1cc(CO)ccc1Cl. The molecule has 1 rings (SSSR count). The Morgan fingerprint density at radius 1 is 1.54 bits per heavy atom. The molecule has 70 valence electrons. The summed E-state index contributed by atoms with van der Waals surface area (Å²) in [5.74, 6) is 0.577. The molecule has 3 heteroatoms. The summed E-state index contributed by atoms with van der Waals surface area (Å²) in [4.78, 5) is 0. The van der Waals surface area contributed by atoms with E-state index >= 15 is 0 Å². The second-order valence-electron chi connectivity index (χ2n) is 2.52. The van der Waals surface area contributed by atoms with Gasteiger partial charge in [0.2, 0.25) is 0 Å². The van der Waals surface area contributed by atoms with Crippen LogP contribution in [-0.2, 0) is 6.61 Å². The molecule has 13 heavy (non-hydrogen) atoms. The van der Waals surface area contributed by atoms with Gasteiger partial charge in [-0.2, -0.15) is 0 Å². The fourth-order valence-electron chi connectivity index (χ4n) is 0.905. The highest BCUT2D eigenvalue weighted by Gasteiger charge is 2.01. The highest BCUT2D eigenvalue weighted by atomic mass is 35.5. The number of benzene rings is 1. The lowest BCUT2D eigenvalue weighted by Gasteiger charge is -2.06. The molecule has 0 fully saturated rings. The lowest BCUT2D eigenvalue weighted by Crippen LogP contribution is -1.94. The lowest BCUT2D eigenvalue weighted by atomic mass is 10.2. The minimum atomic E-state index is -0.0123. The molecule has 0 saturated heterocycles. The van der Waals surface area contributed by atoms with Gasteiger partial charge in [0.05, 0.1) is 11.6 Å². The fourth-order valence-corrected chi connectivity index (χ4v) is 1.08. The van der Waals surface area contributed by atoms with Crippen LogP contribution < -0.4 is 4.74 Å². The van der Waals surface area contributed by atoms with Crippen molar-refractivity contribution in [2.24, 2.45) is 0 Å². The van der Waals surface area contributed by atoms with Gasteiger partial charge in [0.1, 0.15) is 12.4 Å². The molecule has 0 aliphatic rings. The molecule has 0 spiro atoms. The molecule has 0 amide bonds. The van der Waals surface area contributed by atoms with Gasteiger partial charge >= 0.3 is 0 Å². The van der Waals surface area contributed by atoms with Crippen LogP contribution in [0.25, 0.3) is 0 Å². The third-order valence-electron chi connectivity index (χ3n) is 1.53. The first-order valence-corrected chi connectivity index (χ1v) is 4.28. The van der Waals surface area contributed by atoms with Crippen molar-refractivity contribution in [2.75, 3.05) is 6.61 Å². The second kappa shape index (κ2) is 4.90. The zero-order valence-electron chi connectivity index (χ0n) is 7.16. The van der Waals surface area contributed by atoms with E-state index in [4.69, 9.17) is 21.4 Å². The first-order valence-electron chi connectivity index (χ1n) is 3.91. The van der Waals surface area contributed by atoms with Crippen molar-refractivity contribution in [3.8, 4) is 5.75 Å². The van der Waals surface area contributed by atoms with E-state index in [2.05, 4.69) is 6.58 Å². The Bertz CT molecular complexity index is 297. The van der Waals surface area contributed by atoms with Crippen molar-refractivity contribution in [3.63, 3.8) is 0 Å². The predicted octanol–water partition coefficient (Wildman–Crippen LogP) is 2.40. The van der Waals surface area contributed by atoms with Gasteiger partial charge in [0, 0.05) is 0 Å². The third-order valence-corrected chi connectivity index (χ3v) is 1.85. The van der Waals surface area contributed by atoms with Gasteiger partial charge in [-0.15, -0.1) is 0 Å². The van der Waals surface area contributed by atoms with Crippen LogP contribution in [-0.4, -0.2) is 11.7 Å². The Labute approximate surface area is 82.4 Å². The molecule has 0 saturated carbocycles. The van der Waals surface area contributed by atoms with Crippen molar-refractivity contribution in [2.45, 2.75) is 6.61 Å². The largest absolute Gasteiger partial charge is 0.488 e. The average Bonchev–Trinajstić information content (AvgIpc) is 2.17. The topological polar surface area (TPSA) is 29.5 Å². The first-order chi connectivity index (χ1) is 6.27. The molecular formula is C10H11ClO2. The van der Waals surface area contributed by atoms with Crippen LogP contribution in [0.15, 0.2) is 30.9 Å². The molecule has 1 N–H and O–H groups in total. The summed E-state index contributed by atoms with van der Waals surface area (Å²) in [6.45, 7) is 3.93. The molecule has 0 aromatic heterocycles. The zero-order chi connectivity index (χ0) is 9.68. The Kier molecular flexibility index (Phi) is 3.80. The summed E-state index contributed by atoms with van der Waals surface area (Å²) >= 11 is 5.85. The summed E-state index contributed by atoms with van der Waals surface area (Å²) in [5.41, 5.74) is 0.781. The number of aliphatic hydroxyl groups excluding tert-OH is 1. The summed E-state index contributed by atoms with van der Waals surface area (Å²) in [7, 11) is 0. The van der Waals surface area contributed by atoms with E-state index in [0.29, 0.717) is 17.4 Å². The Balaban J connectivity index is 2.83. The van der Waals surface area contributed by atoms with Crippen molar-refractivity contribution in [3.05, 3.63) is 41.4 Å². The maximum Gasteiger partial charge on any atom is 0.138 e. The normalized spacial score (nSPS) is 9.69. The fraction of sp³-hybridized carbons (Fsp3) is 0.200. The van der Waals surface area contributed by atoms with Crippen LogP contribution in [0.2, 0.25) is 5.02 Å². The number of hydrogen-bond acceptors (Lipinski definition) is 2. The van der Waals surface area contributed by atoms with Gasteiger partial charge < -0.3 is 9.84 Å². The highest BCUT2D eigenvalue weighted by Crippen LogP contribution is 2.25. The molecule has 0 heterocycles. The highest BCUT2D eigenvalue weighted by molar-refractivity contribution is 6.32. The molecule has 0 aliphatic carbocycles. The Hall–Kier alpha value is -0.990. The summed E-state index contributed by atoms with van der Waals surface area (Å²) in [6.07, 6.45) is 1.64. The van der Waals surface area contributed by atoms with Crippen LogP contribution in [0.5, 0.6) is 5.75 Å². The summed E-state index contributed by atoms with van der Waals surface area (Å²) in [5, 5.41) is 9.40. The predicted molar refractivity (Wildman–Crippen MR) is 53.1 cm³/mol. The van der Waals surface area contributed by atoms with Gasteiger partial charge in [-0.25, -0.2) is 0 Å². The van der Waals surface area contributed by atoms with Gasteiger partial charge in [0.25, 0.3) is 0 Å². The summed E-state index contributed by atoms with van der Waals surface area (Å²) < 4.78 is 5.27. The van der Waals surface area contributed by atoms with E-state index in [1.165, 1.54) is 0 Å². The third kappa shape index (κ3) is 2.76. The van der Waals surface area contributed by atoms with Crippen molar-refractivity contribution < 1.29 is 9.84 Å². The monoisotopic (exact) mass is 198 g/mol. The first kappa shape index (κ1) is 10.1. The Morgan fingerprint density at radius 3 is 2.92 bits per heavy atom. The smallest absolute Gasteiger partial charge is 0.138 e.